The standard InChI is InChI=1S/C18H17F3N2O5S/c1-27-9-5-6-11(28-2)10(8-9)14-13(15(24)12-4-3-7-29-12)17(26,18(19,20)21)23-16(25)22-14/h3-8,13-14,26H,1-2H3,(H2,22,23,25). The fourth-order valence-electron chi connectivity index (χ4n) is 3.25. The average molecular weight is 430 g/mol. The van der Waals surface area contributed by atoms with Gasteiger partial charge < -0.3 is 25.2 Å². The summed E-state index contributed by atoms with van der Waals surface area (Å²) in [6.07, 6.45) is -5.33. The number of hydrogen-bond acceptors (Lipinski definition) is 6. The van der Waals surface area contributed by atoms with E-state index in [-0.39, 0.29) is 21.9 Å². The zero-order chi connectivity index (χ0) is 21.4. The van der Waals surface area contributed by atoms with E-state index in [1.807, 2.05) is 0 Å². The molecule has 156 valence electrons. The van der Waals surface area contributed by atoms with E-state index < -0.39 is 35.7 Å². The van der Waals surface area contributed by atoms with Crippen LogP contribution >= 0.6 is 11.3 Å². The van der Waals surface area contributed by atoms with E-state index in [0.717, 1.165) is 11.3 Å². The number of hydrogen-bond donors (Lipinski definition) is 3. The van der Waals surface area contributed by atoms with Gasteiger partial charge in [0.15, 0.2) is 5.78 Å². The first-order chi connectivity index (χ1) is 13.6. The lowest BCUT2D eigenvalue weighted by Gasteiger charge is -2.45. The van der Waals surface area contributed by atoms with Crippen LogP contribution in [0.2, 0.25) is 0 Å². The fourth-order valence-corrected chi connectivity index (χ4v) is 3.96. The molecule has 1 aromatic heterocycles. The van der Waals surface area contributed by atoms with Crippen molar-refractivity contribution in [2.45, 2.75) is 17.9 Å². The molecule has 11 heteroatoms. The monoisotopic (exact) mass is 430 g/mol. The highest BCUT2D eigenvalue weighted by Gasteiger charge is 2.66. The molecule has 1 aliphatic rings. The van der Waals surface area contributed by atoms with Crippen LogP contribution in [0.4, 0.5) is 18.0 Å². The molecule has 1 fully saturated rings. The number of Topliss-reactive ketones (excluding diaryl/α,β-unsaturated/α-hetero) is 1. The van der Waals surface area contributed by atoms with Gasteiger partial charge in [0.1, 0.15) is 17.4 Å². The van der Waals surface area contributed by atoms with Crippen LogP contribution in [0.5, 0.6) is 11.5 Å². The van der Waals surface area contributed by atoms with Crippen LogP contribution in [-0.4, -0.2) is 43.0 Å². The third-order valence-electron chi connectivity index (χ3n) is 4.62. The predicted molar refractivity (Wildman–Crippen MR) is 97.1 cm³/mol. The molecule has 0 saturated carbocycles. The van der Waals surface area contributed by atoms with Gasteiger partial charge in [-0.15, -0.1) is 11.3 Å². The molecule has 0 radical (unpaired) electrons. The second kappa shape index (κ2) is 7.56. The second-order valence-corrected chi connectivity index (χ2v) is 7.22. The van der Waals surface area contributed by atoms with Crippen molar-refractivity contribution in [1.29, 1.82) is 0 Å². The van der Waals surface area contributed by atoms with Crippen LogP contribution in [0.3, 0.4) is 0 Å². The summed E-state index contributed by atoms with van der Waals surface area (Å²) in [6.45, 7) is 0. The van der Waals surface area contributed by atoms with Crippen molar-refractivity contribution in [3.05, 3.63) is 46.2 Å². The van der Waals surface area contributed by atoms with E-state index in [0.29, 0.717) is 0 Å². The molecule has 3 N–H and O–H groups in total. The van der Waals surface area contributed by atoms with Crippen molar-refractivity contribution in [2.75, 3.05) is 14.2 Å². The first-order valence-electron chi connectivity index (χ1n) is 8.29. The van der Waals surface area contributed by atoms with Gasteiger partial charge in [-0.05, 0) is 29.6 Å². The Morgan fingerprint density at radius 3 is 2.52 bits per heavy atom. The Hall–Kier alpha value is -2.79. The Kier molecular flexibility index (Phi) is 5.46. The van der Waals surface area contributed by atoms with Crippen molar-refractivity contribution < 1.29 is 37.3 Å². The van der Waals surface area contributed by atoms with E-state index >= 15 is 0 Å². The second-order valence-electron chi connectivity index (χ2n) is 6.27. The number of methoxy groups -OCH3 is 2. The number of aliphatic hydroxyl groups is 1. The van der Waals surface area contributed by atoms with Gasteiger partial charge in [-0.1, -0.05) is 6.07 Å². The summed E-state index contributed by atoms with van der Waals surface area (Å²) < 4.78 is 51.9. The number of nitrogens with one attached hydrogen (secondary N) is 2. The molecule has 2 amide bonds. The van der Waals surface area contributed by atoms with Crippen LogP contribution in [-0.2, 0) is 0 Å². The number of alkyl halides is 3. The first kappa shape index (κ1) is 20.9. The van der Waals surface area contributed by atoms with Crippen LogP contribution in [0.15, 0.2) is 35.7 Å². The summed E-state index contributed by atoms with van der Waals surface area (Å²) >= 11 is 0.927. The average Bonchev–Trinajstić information content (AvgIpc) is 3.20. The molecular formula is C18H17F3N2O5S. The summed E-state index contributed by atoms with van der Waals surface area (Å²) in [5.41, 5.74) is -3.74. The normalized spacial score (nSPS) is 24.4. The molecule has 29 heavy (non-hydrogen) atoms. The largest absolute Gasteiger partial charge is 0.497 e. The topological polar surface area (TPSA) is 96.9 Å². The van der Waals surface area contributed by atoms with Gasteiger partial charge in [0.25, 0.3) is 0 Å². The Bertz CT molecular complexity index is 919. The van der Waals surface area contributed by atoms with Crippen molar-refractivity contribution in [3.63, 3.8) is 0 Å². The third-order valence-corrected chi connectivity index (χ3v) is 5.51. The number of halogens is 3. The lowest BCUT2D eigenvalue weighted by Crippen LogP contribution is -2.72. The van der Waals surface area contributed by atoms with Crippen molar-refractivity contribution >= 4 is 23.2 Å². The fraction of sp³-hybridized carbons (Fsp3) is 0.333. The molecule has 3 atom stereocenters. The SMILES string of the molecule is COc1ccc(OC)c(C2NC(=O)NC(O)(C(F)(F)F)C2C(=O)c2cccs2)c1. The maximum absolute atomic E-state index is 13.9. The number of urea groups is 1. The molecule has 2 heterocycles. The third kappa shape index (κ3) is 3.62. The van der Waals surface area contributed by atoms with E-state index in [4.69, 9.17) is 9.47 Å². The summed E-state index contributed by atoms with van der Waals surface area (Å²) in [4.78, 5) is 25.1. The molecule has 0 aliphatic carbocycles. The number of rotatable bonds is 5. The first-order valence-corrected chi connectivity index (χ1v) is 9.17. The molecular weight excluding hydrogens is 413 g/mol. The number of amides is 2. The minimum atomic E-state index is -5.33. The van der Waals surface area contributed by atoms with Crippen LogP contribution in [0, 0.1) is 5.92 Å². The number of carbonyl (C=O) groups is 2. The number of ether oxygens (including phenoxy) is 2. The molecule has 1 saturated heterocycles. The van der Waals surface area contributed by atoms with Gasteiger partial charge in [-0.2, -0.15) is 13.2 Å². The molecule has 7 nitrogen and oxygen atoms in total. The maximum Gasteiger partial charge on any atom is 0.437 e. The zero-order valence-electron chi connectivity index (χ0n) is 15.2. The Balaban J connectivity index is 2.22. The van der Waals surface area contributed by atoms with E-state index in [2.05, 4.69) is 5.32 Å². The summed E-state index contributed by atoms with van der Waals surface area (Å²) in [6, 6.07) is 4.31. The maximum atomic E-state index is 13.9. The number of ketones is 1. The van der Waals surface area contributed by atoms with Crippen molar-refractivity contribution in [1.82, 2.24) is 10.6 Å². The van der Waals surface area contributed by atoms with Crippen LogP contribution in [0.25, 0.3) is 0 Å². The Morgan fingerprint density at radius 1 is 1.24 bits per heavy atom. The van der Waals surface area contributed by atoms with Gasteiger partial charge in [0, 0.05) is 5.56 Å². The Morgan fingerprint density at radius 2 is 1.97 bits per heavy atom. The summed E-state index contributed by atoms with van der Waals surface area (Å²) in [7, 11) is 2.65. The molecule has 3 unspecified atom stereocenters. The van der Waals surface area contributed by atoms with Gasteiger partial charge in [0.05, 0.1) is 25.1 Å². The molecule has 1 aromatic carbocycles. The highest BCUT2D eigenvalue weighted by molar-refractivity contribution is 7.12. The van der Waals surface area contributed by atoms with E-state index in [1.165, 1.54) is 55.2 Å². The van der Waals surface area contributed by atoms with Gasteiger partial charge in [0.2, 0.25) is 5.72 Å². The summed E-state index contributed by atoms with van der Waals surface area (Å²) in [5.74, 6) is -2.72. The predicted octanol–water partition coefficient (Wildman–Crippen LogP) is 2.87. The molecule has 0 spiro atoms. The Labute approximate surface area is 167 Å². The van der Waals surface area contributed by atoms with Gasteiger partial charge in [-0.25, -0.2) is 4.79 Å². The van der Waals surface area contributed by atoms with Gasteiger partial charge in [-0.3, -0.25) is 4.79 Å². The minimum absolute atomic E-state index is 0.00230. The van der Waals surface area contributed by atoms with E-state index in [9.17, 15) is 27.9 Å². The zero-order valence-corrected chi connectivity index (χ0v) is 16.1. The highest BCUT2D eigenvalue weighted by Crippen LogP contribution is 2.46. The highest BCUT2D eigenvalue weighted by atomic mass is 32.1. The van der Waals surface area contributed by atoms with Crippen molar-refractivity contribution in [3.8, 4) is 11.5 Å². The molecule has 2 aromatic rings. The molecule has 1 aliphatic heterocycles. The van der Waals surface area contributed by atoms with Crippen molar-refractivity contribution in [2.24, 2.45) is 5.92 Å². The van der Waals surface area contributed by atoms with E-state index in [1.54, 1.807) is 0 Å². The lowest BCUT2D eigenvalue weighted by molar-refractivity contribution is -0.287. The summed E-state index contributed by atoms with van der Waals surface area (Å²) in [5, 5.41) is 15.9. The van der Waals surface area contributed by atoms with Crippen LogP contribution in [0.1, 0.15) is 21.3 Å². The quantitative estimate of drug-likeness (QED) is 0.634. The number of carbonyl (C=O) groups excluding carboxylic acids is 2. The van der Waals surface area contributed by atoms with Gasteiger partial charge >= 0.3 is 12.2 Å². The minimum Gasteiger partial charge on any atom is -0.497 e. The number of benzene rings is 1. The lowest BCUT2D eigenvalue weighted by atomic mass is 9.78. The smallest absolute Gasteiger partial charge is 0.437 e. The van der Waals surface area contributed by atoms with Crippen LogP contribution < -0.4 is 20.1 Å². The molecule has 0 bridgehead atoms. The number of thiophene rings is 1. The molecule has 3 rings (SSSR count).